The van der Waals surface area contributed by atoms with Crippen LogP contribution in [0.5, 0.6) is 5.75 Å². The molecule has 31 heavy (non-hydrogen) atoms. The van der Waals surface area contributed by atoms with E-state index in [1.54, 1.807) is 38.0 Å². The van der Waals surface area contributed by atoms with Crippen LogP contribution in [0.25, 0.3) is 22.6 Å². The Bertz CT molecular complexity index is 1070. The van der Waals surface area contributed by atoms with Crippen molar-refractivity contribution in [1.29, 1.82) is 0 Å². The predicted molar refractivity (Wildman–Crippen MR) is 106 cm³/mol. The lowest BCUT2D eigenvalue weighted by Gasteiger charge is -2.16. The summed E-state index contributed by atoms with van der Waals surface area (Å²) in [6.07, 6.45) is -1.24. The van der Waals surface area contributed by atoms with Crippen LogP contribution in [-0.4, -0.2) is 42.6 Å². The predicted octanol–water partition coefficient (Wildman–Crippen LogP) is 4.18. The van der Waals surface area contributed by atoms with Crippen molar-refractivity contribution in [3.63, 3.8) is 0 Å². The molecule has 164 valence electrons. The molecular formula is C21H21F3N4O3. The number of hydrogen-bond donors (Lipinski definition) is 1. The highest BCUT2D eigenvalue weighted by Gasteiger charge is 2.31. The second-order valence-electron chi connectivity index (χ2n) is 7.67. The molecule has 10 heteroatoms. The topological polar surface area (TPSA) is 90.1 Å². The third kappa shape index (κ3) is 6.35. The summed E-state index contributed by atoms with van der Waals surface area (Å²) in [5.41, 5.74) is 0.561. The largest absolute Gasteiger partial charge is 0.573 e. The number of halogens is 3. The van der Waals surface area contributed by atoms with Gasteiger partial charge in [0.1, 0.15) is 11.4 Å². The number of nitrogens with zero attached hydrogens (tertiary/aromatic N) is 4. The number of aliphatic hydroxyl groups is 1. The molecule has 0 aliphatic rings. The van der Waals surface area contributed by atoms with Gasteiger partial charge in [-0.1, -0.05) is 0 Å². The maximum Gasteiger partial charge on any atom is 0.573 e. The molecule has 0 unspecified atom stereocenters. The van der Waals surface area contributed by atoms with Gasteiger partial charge in [0.05, 0.1) is 23.1 Å². The van der Waals surface area contributed by atoms with Gasteiger partial charge < -0.3 is 9.84 Å². The number of rotatable bonds is 7. The molecule has 2 aromatic heterocycles. The van der Waals surface area contributed by atoms with Crippen molar-refractivity contribution < 1.29 is 27.8 Å². The summed E-state index contributed by atoms with van der Waals surface area (Å²) in [7, 11) is 1.72. The second-order valence-corrected chi connectivity index (χ2v) is 7.67. The van der Waals surface area contributed by atoms with E-state index in [0.717, 1.165) is 0 Å². The van der Waals surface area contributed by atoms with Crippen molar-refractivity contribution in [2.24, 2.45) is 7.05 Å². The van der Waals surface area contributed by atoms with Gasteiger partial charge in [0.2, 0.25) is 0 Å². The molecule has 0 saturated carbocycles. The minimum atomic E-state index is -4.79. The normalized spacial score (nSPS) is 12.1. The zero-order valence-corrected chi connectivity index (χ0v) is 17.1. The SMILES string of the molecule is Cn1cc(-c2nc(C(=O)CCC(C)(C)O)cc(-c3ccc(OC(F)(F)F)cc3)n2)cn1. The summed E-state index contributed by atoms with van der Waals surface area (Å²) in [6, 6.07) is 6.66. The number of benzene rings is 1. The monoisotopic (exact) mass is 434 g/mol. The standard InChI is InChI=1S/C21H21F3N4O3/c1-20(2,30)9-8-18(29)17-10-16(26-19(27-17)14-11-25-28(3)12-14)13-4-6-15(7-5-13)31-21(22,23)24/h4-7,10-12,30H,8-9H2,1-3H3. The Labute approximate surface area is 176 Å². The van der Waals surface area contributed by atoms with Crippen molar-refractivity contribution in [2.75, 3.05) is 0 Å². The molecule has 0 bridgehead atoms. The third-order valence-electron chi connectivity index (χ3n) is 4.32. The van der Waals surface area contributed by atoms with E-state index < -0.39 is 12.0 Å². The second kappa shape index (κ2) is 8.46. The van der Waals surface area contributed by atoms with Gasteiger partial charge in [-0.3, -0.25) is 9.48 Å². The molecule has 0 aliphatic carbocycles. The molecule has 3 aromatic rings. The average Bonchev–Trinajstić information content (AvgIpc) is 3.11. The van der Waals surface area contributed by atoms with Crippen LogP contribution in [0.1, 0.15) is 37.2 Å². The van der Waals surface area contributed by atoms with Crippen molar-refractivity contribution in [3.8, 4) is 28.4 Å². The summed E-state index contributed by atoms with van der Waals surface area (Å²) in [6.45, 7) is 3.22. The van der Waals surface area contributed by atoms with Crippen LogP contribution in [-0.2, 0) is 7.05 Å². The van der Waals surface area contributed by atoms with Gasteiger partial charge in [-0.15, -0.1) is 13.2 Å². The number of Topliss-reactive ketones (excluding diaryl/α,β-unsaturated/α-hetero) is 1. The summed E-state index contributed by atoms with van der Waals surface area (Å²) in [4.78, 5) is 21.5. The minimum absolute atomic E-state index is 0.0742. The number of aryl methyl sites for hydroxylation is 1. The zero-order valence-electron chi connectivity index (χ0n) is 17.1. The fourth-order valence-corrected chi connectivity index (χ4v) is 2.78. The summed E-state index contributed by atoms with van der Waals surface area (Å²) >= 11 is 0. The zero-order chi connectivity index (χ0) is 22.8. The third-order valence-corrected chi connectivity index (χ3v) is 4.32. The van der Waals surface area contributed by atoms with Crippen molar-refractivity contribution >= 4 is 5.78 Å². The van der Waals surface area contributed by atoms with Crippen LogP contribution in [0.4, 0.5) is 13.2 Å². The lowest BCUT2D eigenvalue weighted by atomic mass is 9.99. The van der Waals surface area contributed by atoms with Crippen LogP contribution in [0.15, 0.2) is 42.7 Å². The van der Waals surface area contributed by atoms with Gasteiger partial charge >= 0.3 is 6.36 Å². The van der Waals surface area contributed by atoms with Crippen molar-refractivity contribution in [2.45, 2.75) is 38.7 Å². The maximum atomic E-state index is 12.7. The number of ether oxygens (including phenoxy) is 1. The maximum absolute atomic E-state index is 12.7. The Kier molecular flexibility index (Phi) is 6.12. The van der Waals surface area contributed by atoms with Crippen LogP contribution >= 0.6 is 0 Å². The number of carbonyl (C=O) groups is 1. The van der Waals surface area contributed by atoms with Gasteiger partial charge in [-0.25, -0.2) is 9.97 Å². The van der Waals surface area contributed by atoms with Crippen molar-refractivity contribution in [3.05, 3.63) is 48.4 Å². The minimum Gasteiger partial charge on any atom is -0.406 e. The van der Waals surface area contributed by atoms with E-state index in [9.17, 15) is 23.1 Å². The van der Waals surface area contributed by atoms with Gasteiger partial charge in [0.25, 0.3) is 0 Å². The Morgan fingerprint density at radius 3 is 2.35 bits per heavy atom. The van der Waals surface area contributed by atoms with Crippen LogP contribution in [0.2, 0.25) is 0 Å². The molecule has 0 spiro atoms. The highest BCUT2D eigenvalue weighted by Crippen LogP contribution is 2.28. The van der Waals surface area contributed by atoms with E-state index in [-0.39, 0.29) is 35.9 Å². The number of hydrogen-bond acceptors (Lipinski definition) is 6. The first-order chi connectivity index (χ1) is 14.4. The Morgan fingerprint density at radius 2 is 1.81 bits per heavy atom. The van der Waals surface area contributed by atoms with E-state index >= 15 is 0 Å². The van der Waals surface area contributed by atoms with Crippen LogP contribution in [0, 0.1) is 0 Å². The number of alkyl halides is 3. The number of aromatic nitrogens is 4. The van der Waals surface area contributed by atoms with Crippen LogP contribution < -0.4 is 4.74 Å². The average molecular weight is 434 g/mol. The van der Waals surface area contributed by atoms with E-state index in [1.165, 1.54) is 30.3 Å². The van der Waals surface area contributed by atoms with Crippen molar-refractivity contribution in [1.82, 2.24) is 19.7 Å². The molecule has 0 saturated heterocycles. The molecule has 0 fully saturated rings. The highest BCUT2D eigenvalue weighted by atomic mass is 19.4. The highest BCUT2D eigenvalue weighted by molar-refractivity contribution is 5.95. The van der Waals surface area contributed by atoms with E-state index in [1.807, 2.05) is 0 Å². The quantitative estimate of drug-likeness (QED) is 0.561. The van der Waals surface area contributed by atoms with Gasteiger partial charge in [0, 0.05) is 25.2 Å². The fourth-order valence-electron chi connectivity index (χ4n) is 2.78. The lowest BCUT2D eigenvalue weighted by Crippen LogP contribution is -2.20. The van der Waals surface area contributed by atoms with E-state index in [2.05, 4.69) is 19.8 Å². The fraction of sp³-hybridized carbons (Fsp3) is 0.333. The Hall–Kier alpha value is -3.27. The summed E-state index contributed by atoms with van der Waals surface area (Å²) in [5.74, 6) is -0.389. The molecule has 0 aliphatic heterocycles. The van der Waals surface area contributed by atoms with Gasteiger partial charge in [-0.2, -0.15) is 5.10 Å². The Balaban J connectivity index is 1.98. The lowest BCUT2D eigenvalue weighted by molar-refractivity contribution is -0.274. The molecule has 0 radical (unpaired) electrons. The van der Waals surface area contributed by atoms with E-state index in [0.29, 0.717) is 16.8 Å². The summed E-state index contributed by atoms with van der Waals surface area (Å²) in [5, 5.41) is 14.0. The molecule has 2 heterocycles. The molecule has 1 aromatic carbocycles. The Morgan fingerprint density at radius 1 is 1.13 bits per heavy atom. The van der Waals surface area contributed by atoms with Gasteiger partial charge in [-0.05, 0) is 50.6 Å². The first-order valence-corrected chi connectivity index (χ1v) is 9.39. The first kappa shape index (κ1) is 22.4. The molecular weight excluding hydrogens is 413 g/mol. The molecule has 0 atom stereocenters. The van der Waals surface area contributed by atoms with Gasteiger partial charge in [0.15, 0.2) is 11.6 Å². The molecule has 3 rings (SSSR count). The smallest absolute Gasteiger partial charge is 0.406 e. The number of ketones is 1. The molecule has 0 amide bonds. The molecule has 1 N–H and O–H groups in total. The molecule has 7 nitrogen and oxygen atoms in total. The summed E-state index contributed by atoms with van der Waals surface area (Å²) < 4.78 is 42.7. The van der Waals surface area contributed by atoms with E-state index in [4.69, 9.17) is 0 Å². The van der Waals surface area contributed by atoms with Crippen LogP contribution in [0.3, 0.4) is 0 Å². The number of carbonyl (C=O) groups excluding carboxylic acids is 1. The first-order valence-electron chi connectivity index (χ1n) is 9.39.